The SMILES string of the molecule is CC(=O)Nc1ccc(Nc2ncnc(NC34CC5CC(CC(C5)C3)C4)c2N)cc1. The molecule has 4 saturated carbocycles. The zero-order chi connectivity index (χ0) is 20.0. The Morgan fingerprint density at radius 2 is 1.52 bits per heavy atom. The van der Waals surface area contributed by atoms with E-state index in [2.05, 4.69) is 25.9 Å². The topological polar surface area (TPSA) is 105 Å². The Morgan fingerprint density at radius 3 is 2.10 bits per heavy atom. The molecule has 6 rings (SSSR count). The quantitative estimate of drug-likeness (QED) is 0.609. The second-order valence-electron chi connectivity index (χ2n) is 9.19. The molecule has 7 nitrogen and oxygen atoms in total. The van der Waals surface area contributed by atoms with Gasteiger partial charge in [0.1, 0.15) is 12.0 Å². The molecule has 152 valence electrons. The van der Waals surface area contributed by atoms with Gasteiger partial charge in [-0.2, -0.15) is 0 Å². The van der Waals surface area contributed by atoms with Crippen molar-refractivity contribution in [3.05, 3.63) is 30.6 Å². The fourth-order valence-corrected chi connectivity index (χ4v) is 6.09. The summed E-state index contributed by atoms with van der Waals surface area (Å²) in [5, 5.41) is 9.78. The number of carbonyl (C=O) groups excluding carboxylic acids is 1. The van der Waals surface area contributed by atoms with Crippen molar-refractivity contribution in [1.29, 1.82) is 0 Å². The molecule has 1 aromatic heterocycles. The van der Waals surface area contributed by atoms with Crippen LogP contribution in [0, 0.1) is 17.8 Å². The van der Waals surface area contributed by atoms with Gasteiger partial charge in [0.15, 0.2) is 11.6 Å². The molecule has 1 aromatic carbocycles. The molecular formula is C22H28N6O. The summed E-state index contributed by atoms with van der Waals surface area (Å²) in [5.41, 5.74) is 8.75. The predicted molar refractivity (Wildman–Crippen MR) is 115 cm³/mol. The molecule has 0 aliphatic heterocycles. The standard InChI is InChI=1S/C22H28N6O/c1-13(29)26-17-2-4-18(5-3-17)27-20-19(23)21(25-12-24-20)28-22-9-14-6-15(10-22)8-16(7-14)11-22/h2-5,12,14-16H,6-11,23H2,1H3,(H,26,29)(H2,24,25,27,28). The lowest BCUT2D eigenvalue weighted by Gasteiger charge is -2.57. The highest BCUT2D eigenvalue weighted by Crippen LogP contribution is 2.56. The number of hydrogen-bond acceptors (Lipinski definition) is 6. The maximum atomic E-state index is 11.2. The monoisotopic (exact) mass is 392 g/mol. The van der Waals surface area contributed by atoms with Crippen molar-refractivity contribution >= 4 is 34.6 Å². The molecule has 4 aliphatic rings. The lowest BCUT2D eigenvalue weighted by molar-refractivity contribution is -0.114. The van der Waals surface area contributed by atoms with Crippen LogP contribution >= 0.6 is 0 Å². The molecule has 2 aromatic rings. The number of rotatable bonds is 5. The van der Waals surface area contributed by atoms with Crippen molar-refractivity contribution in [2.45, 2.75) is 51.0 Å². The fourth-order valence-electron chi connectivity index (χ4n) is 6.09. The van der Waals surface area contributed by atoms with Crippen molar-refractivity contribution in [2.75, 3.05) is 21.7 Å². The Bertz CT molecular complexity index is 890. The van der Waals surface area contributed by atoms with Gasteiger partial charge in [0.25, 0.3) is 0 Å². The van der Waals surface area contributed by atoms with Gasteiger partial charge in [-0.15, -0.1) is 0 Å². The Morgan fingerprint density at radius 1 is 0.966 bits per heavy atom. The van der Waals surface area contributed by atoms with Gasteiger partial charge in [-0.25, -0.2) is 9.97 Å². The van der Waals surface area contributed by atoms with Crippen LogP contribution in [0.5, 0.6) is 0 Å². The minimum atomic E-state index is -0.0915. The second kappa shape index (κ2) is 6.90. The maximum Gasteiger partial charge on any atom is 0.221 e. The summed E-state index contributed by atoms with van der Waals surface area (Å²) in [5.74, 6) is 3.81. The van der Waals surface area contributed by atoms with Gasteiger partial charge in [0, 0.05) is 23.8 Å². The first-order valence-corrected chi connectivity index (χ1v) is 10.5. The molecule has 0 unspecified atom stereocenters. The molecule has 0 atom stereocenters. The fraction of sp³-hybridized carbons (Fsp3) is 0.500. The van der Waals surface area contributed by atoms with E-state index in [1.165, 1.54) is 45.4 Å². The zero-order valence-corrected chi connectivity index (χ0v) is 16.7. The largest absolute Gasteiger partial charge is 0.393 e. The number of nitrogens with one attached hydrogen (secondary N) is 3. The molecule has 0 saturated heterocycles. The van der Waals surface area contributed by atoms with Crippen molar-refractivity contribution in [2.24, 2.45) is 17.8 Å². The smallest absolute Gasteiger partial charge is 0.221 e. The van der Waals surface area contributed by atoms with Crippen LogP contribution in [-0.2, 0) is 4.79 Å². The van der Waals surface area contributed by atoms with Gasteiger partial charge in [-0.3, -0.25) is 4.79 Å². The van der Waals surface area contributed by atoms with Crippen molar-refractivity contribution < 1.29 is 4.79 Å². The molecule has 4 bridgehead atoms. The average molecular weight is 393 g/mol. The number of nitrogen functional groups attached to an aromatic ring is 1. The first kappa shape index (κ1) is 18.2. The summed E-state index contributed by atoms with van der Waals surface area (Å²) in [7, 11) is 0. The second-order valence-corrected chi connectivity index (χ2v) is 9.19. The summed E-state index contributed by atoms with van der Waals surface area (Å²) in [6.07, 6.45) is 9.47. The van der Waals surface area contributed by atoms with Gasteiger partial charge in [0.2, 0.25) is 5.91 Å². The average Bonchev–Trinajstić information content (AvgIpc) is 2.65. The van der Waals surface area contributed by atoms with Crippen LogP contribution in [0.1, 0.15) is 45.4 Å². The molecule has 7 heteroatoms. The number of benzene rings is 1. The van der Waals surface area contributed by atoms with E-state index in [9.17, 15) is 4.79 Å². The van der Waals surface area contributed by atoms with E-state index in [0.29, 0.717) is 11.5 Å². The van der Waals surface area contributed by atoms with Gasteiger partial charge >= 0.3 is 0 Å². The van der Waals surface area contributed by atoms with E-state index < -0.39 is 0 Å². The van der Waals surface area contributed by atoms with E-state index in [1.54, 1.807) is 6.33 Å². The molecule has 1 amide bonds. The first-order chi connectivity index (χ1) is 14.0. The van der Waals surface area contributed by atoms with Crippen LogP contribution in [-0.4, -0.2) is 21.4 Å². The summed E-state index contributed by atoms with van der Waals surface area (Å²) < 4.78 is 0. The lowest BCUT2D eigenvalue weighted by atomic mass is 9.53. The third-order valence-electron chi connectivity index (χ3n) is 6.77. The number of carbonyl (C=O) groups is 1. The lowest BCUT2D eigenvalue weighted by Crippen LogP contribution is -2.55. The number of anilines is 5. The number of nitrogens with zero attached hydrogens (tertiary/aromatic N) is 2. The molecule has 0 radical (unpaired) electrons. The minimum absolute atomic E-state index is 0.0915. The highest BCUT2D eigenvalue weighted by molar-refractivity contribution is 5.89. The van der Waals surface area contributed by atoms with Crippen molar-refractivity contribution in [3.8, 4) is 0 Å². The summed E-state index contributed by atoms with van der Waals surface area (Å²) in [6.45, 7) is 1.49. The van der Waals surface area contributed by atoms with E-state index >= 15 is 0 Å². The van der Waals surface area contributed by atoms with Gasteiger partial charge < -0.3 is 21.7 Å². The number of aromatic nitrogens is 2. The van der Waals surface area contributed by atoms with Crippen LogP contribution in [0.15, 0.2) is 30.6 Å². The Labute approximate surface area is 170 Å². The van der Waals surface area contributed by atoms with Gasteiger partial charge in [0.05, 0.1) is 0 Å². The molecule has 0 spiro atoms. The van der Waals surface area contributed by atoms with E-state index in [-0.39, 0.29) is 11.4 Å². The van der Waals surface area contributed by atoms with E-state index in [4.69, 9.17) is 5.73 Å². The Kier molecular flexibility index (Phi) is 4.33. The molecule has 29 heavy (non-hydrogen) atoms. The number of nitrogens with two attached hydrogens (primary N) is 1. The van der Waals surface area contributed by atoms with E-state index in [1.807, 2.05) is 24.3 Å². The number of amides is 1. The van der Waals surface area contributed by atoms with Crippen molar-refractivity contribution in [3.63, 3.8) is 0 Å². The van der Waals surface area contributed by atoms with Crippen LogP contribution in [0.4, 0.5) is 28.7 Å². The molecule has 5 N–H and O–H groups in total. The molecule has 4 aliphatic carbocycles. The molecular weight excluding hydrogens is 364 g/mol. The Balaban J connectivity index is 1.33. The Hall–Kier alpha value is -2.83. The van der Waals surface area contributed by atoms with Crippen LogP contribution in [0.25, 0.3) is 0 Å². The van der Waals surface area contributed by atoms with Gasteiger partial charge in [-0.1, -0.05) is 0 Å². The minimum Gasteiger partial charge on any atom is -0.393 e. The summed E-state index contributed by atoms with van der Waals surface area (Å²) in [6, 6.07) is 7.46. The number of hydrogen-bond donors (Lipinski definition) is 4. The summed E-state index contributed by atoms with van der Waals surface area (Å²) in [4.78, 5) is 20.0. The van der Waals surface area contributed by atoms with Crippen LogP contribution in [0.3, 0.4) is 0 Å². The maximum absolute atomic E-state index is 11.2. The van der Waals surface area contributed by atoms with Crippen molar-refractivity contribution in [1.82, 2.24) is 9.97 Å². The van der Waals surface area contributed by atoms with Gasteiger partial charge in [-0.05, 0) is 80.5 Å². The third-order valence-corrected chi connectivity index (χ3v) is 6.77. The molecule has 4 fully saturated rings. The normalized spacial score (nSPS) is 29.5. The zero-order valence-electron chi connectivity index (χ0n) is 16.7. The highest BCUT2D eigenvalue weighted by Gasteiger charge is 2.51. The highest BCUT2D eigenvalue weighted by atomic mass is 16.1. The third kappa shape index (κ3) is 3.61. The predicted octanol–water partition coefficient (Wildman–Crippen LogP) is 4.14. The van der Waals surface area contributed by atoms with Crippen LogP contribution < -0.4 is 21.7 Å². The molecule has 1 heterocycles. The first-order valence-electron chi connectivity index (χ1n) is 10.5. The van der Waals surface area contributed by atoms with Crippen LogP contribution in [0.2, 0.25) is 0 Å². The summed E-state index contributed by atoms with van der Waals surface area (Å²) >= 11 is 0. The van der Waals surface area contributed by atoms with E-state index in [0.717, 1.165) is 34.9 Å².